The van der Waals surface area contributed by atoms with Crippen LogP contribution in [0.5, 0.6) is 0 Å². The number of hydroxylamine groups is 2. The van der Waals surface area contributed by atoms with Gasteiger partial charge in [0, 0.05) is 25.9 Å². The molecule has 7 nitrogen and oxygen atoms in total. The van der Waals surface area contributed by atoms with Gasteiger partial charge in [-0.1, -0.05) is 6.07 Å². The van der Waals surface area contributed by atoms with Gasteiger partial charge in [-0.3, -0.25) is 9.59 Å². The van der Waals surface area contributed by atoms with Crippen molar-refractivity contribution in [3.8, 4) is 0 Å². The number of carbonyl (C=O) groups is 3. The molecule has 0 aliphatic carbocycles. The van der Waals surface area contributed by atoms with Gasteiger partial charge >= 0.3 is 5.97 Å². The average Bonchev–Trinajstić information content (AvgIpc) is 2.77. The summed E-state index contributed by atoms with van der Waals surface area (Å²) in [5.74, 6) is -1.66. The molecule has 1 saturated heterocycles. The number of amides is 2. The van der Waals surface area contributed by atoms with E-state index in [-0.39, 0.29) is 12.8 Å². The fraction of sp³-hybridized carbons (Fsp3) is 0.471. The summed E-state index contributed by atoms with van der Waals surface area (Å²) in [6, 6.07) is 5.49. The van der Waals surface area contributed by atoms with Crippen molar-refractivity contribution >= 4 is 17.8 Å². The van der Waals surface area contributed by atoms with Crippen LogP contribution in [0.1, 0.15) is 34.3 Å². The number of rotatable bonds is 6. The van der Waals surface area contributed by atoms with Gasteiger partial charge in [-0.15, -0.1) is 5.06 Å². The highest BCUT2D eigenvalue weighted by Crippen LogP contribution is 2.17. The highest BCUT2D eigenvalue weighted by molar-refractivity contribution is 6.02. The summed E-state index contributed by atoms with van der Waals surface area (Å²) < 4.78 is 0. The molecule has 1 aromatic rings. The number of hydrogen-bond donors (Lipinski definition) is 0. The van der Waals surface area contributed by atoms with Crippen LogP contribution < -0.4 is 0 Å². The van der Waals surface area contributed by atoms with Crippen LogP contribution in [0, 0.1) is 0 Å². The van der Waals surface area contributed by atoms with Crippen LogP contribution in [-0.2, 0) is 27.5 Å². The lowest BCUT2D eigenvalue weighted by atomic mass is 10.0. The summed E-state index contributed by atoms with van der Waals surface area (Å²) in [5, 5.41) is 0.576. The van der Waals surface area contributed by atoms with E-state index in [0.717, 1.165) is 11.1 Å². The Morgan fingerprint density at radius 2 is 1.42 bits per heavy atom. The third-order valence-corrected chi connectivity index (χ3v) is 3.47. The second-order valence-electron chi connectivity index (χ2n) is 6.47. The smallest absolute Gasteiger partial charge is 0.325 e. The van der Waals surface area contributed by atoms with Gasteiger partial charge in [0.05, 0.1) is 5.56 Å². The summed E-state index contributed by atoms with van der Waals surface area (Å²) in [4.78, 5) is 44.6. The zero-order chi connectivity index (χ0) is 17.9. The largest absolute Gasteiger partial charge is 0.363 e. The predicted octanol–water partition coefficient (Wildman–Crippen LogP) is 1.03. The maximum absolute atomic E-state index is 12.4. The van der Waals surface area contributed by atoms with Gasteiger partial charge in [-0.2, -0.15) is 0 Å². The Hall–Kier alpha value is -2.25. The molecule has 0 N–H and O–H groups in total. The first kappa shape index (κ1) is 18.1. The fourth-order valence-corrected chi connectivity index (χ4v) is 2.59. The number of benzene rings is 1. The molecule has 0 saturated carbocycles. The van der Waals surface area contributed by atoms with Gasteiger partial charge in [0.15, 0.2) is 0 Å². The van der Waals surface area contributed by atoms with Crippen LogP contribution in [0.25, 0.3) is 0 Å². The molecular weight excluding hydrogens is 310 g/mol. The Morgan fingerprint density at radius 1 is 0.958 bits per heavy atom. The van der Waals surface area contributed by atoms with Crippen molar-refractivity contribution in [2.45, 2.75) is 25.9 Å². The number of nitrogens with zero attached hydrogens (tertiary/aromatic N) is 3. The minimum absolute atomic E-state index is 0.0820. The summed E-state index contributed by atoms with van der Waals surface area (Å²) in [6.45, 7) is 1.34. The van der Waals surface area contributed by atoms with Crippen molar-refractivity contribution in [2.75, 3.05) is 28.2 Å². The van der Waals surface area contributed by atoms with Crippen molar-refractivity contribution < 1.29 is 19.2 Å². The van der Waals surface area contributed by atoms with E-state index in [4.69, 9.17) is 4.84 Å². The average molecular weight is 333 g/mol. The minimum Gasteiger partial charge on any atom is -0.325 e. The first-order valence-corrected chi connectivity index (χ1v) is 7.76. The predicted molar refractivity (Wildman–Crippen MR) is 87.7 cm³/mol. The van der Waals surface area contributed by atoms with Crippen molar-refractivity contribution in [1.29, 1.82) is 0 Å². The monoisotopic (exact) mass is 333 g/mol. The molecule has 0 atom stereocenters. The Balaban J connectivity index is 2.24. The number of carbonyl (C=O) groups excluding carboxylic acids is 3. The lowest BCUT2D eigenvalue weighted by Gasteiger charge is -2.17. The minimum atomic E-state index is -0.695. The van der Waals surface area contributed by atoms with E-state index in [2.05, 4.69) is 0 Å². The molecule has 2 amide bonds. The first-order valence-electron chi connectivity index (χ1n) is 7.76. The second-order valence-corrected chi connectivity index (χ2v) is 6.47. The highest BCUT2D eigenvalue weighted by Gasteiger charge is 2.33. The third kappa shape index (κ3) is 4.62. The van der Waals surface area contributed by atoms with Gasteiger partial charge in [-0.25, -0.2) is 4.79 Å². The molecule has 130 valence electrons. The number of hydrogen-bond acceptors (Lipinski definition) is 6. The van der Waals surface area contributed by atoms with Gasteiger partial charge in [0.1, 0.15) is 0 Å². The SMILES string of the molecule is CN(C)Cc1cc(CN(C)C)cc(C(=O)ON2C(=O)CCC2=O)c1. The Morgan fingerprint density at radius 3 is 1.83 bits per heavy atom. The van der Waals surface area contributed by atoms with Gasteiger partial charge in [0.25, 0.3) is 11.8 Å². The van der Waals surface area contributed by atoms with Crippen LogP contribution in [-0.4, -0.2) is 60.8 Å². The molecule has 1 heterocycles. The zero-order valence-electron chi connectivity index (χ0n) is 14.5. The van der Waals surface area contributed by atoms with E-state index >= 15 is 0 Å². The topological polar surface area (TPSA) is 70.2 Å². The molecule has 1 aromatic carbocycles. The van der Waals surface area contributed by atoms with E-state index in [1.54, 1.807) is 12.1 Å². The van der Waals surface area contributed by atoms with E-state index in [1.165, 1.54) is 0 Å². The van der Waals surface area contributed by atoms with Crippen LogP contribution in [0.4, 0.5) is 0 Å². The van der Waals surface area contributed by atoms with Crippen molar-refractivity contribution in [3.05, 3.63) is 34.9 Å². The van der Waals surface area contributed by atoms with E-state index in [0.29, 0.717) is 23.7 Å². The summed E-state index contributed by atoms with van der Waals surface area (Å²) in [5.41, 5.74) is 2.26. The maximum atomic E-state index is 12.4. The van der Waals surface area contributed by atoms with Crippen LogP contribution >= 0.6 is 0 Å². The lowest BCUT2D eigenvalue weighted by molar-refractivity contribution is -0.172. The Bertz CT molecular complexity index is 611. The Labute approximate surface area is 141 Å². The summed E-state index contributed by atoms with van der Waals surface area (Å²) in [6.07, 6.45) is 0.164. The zero-order valence-corrected chi connectivity index (χ0v) is 14.5. The molecule has 0 bridgehead atoms. The molecule has 0 aromatic heterocycles. The molecule has 2 rings (SSSR count). The fourth-order valence-electron chi connectivity index (χ4n) is 2.59. The summed E-state index contributed by atoms with van der Waals surface area (Å²) in [7, 11) is 7.77. The Kier molecular flexibility index (Phi) is 5.69. The van der Waals surface area contributed by atoms with Crippen molar-refractivity contribution in [3.63, 3.8) is 0 Å². The molecule has 0 radical (unpaired) electrons. The molecule has 24 heavy (non-hydrogen) atoms. The molecule has 0 unspecified atom stereocenters. The van der Waals surface area contributed by atoms with Gasteiger partial charge in [0.2, 0.25) is 0 Å². The van der Waals surface area contributed by atoms with E-state index in [9.17, 15) is 14.4 Å². The van der Waals surface area contributed by atoms with E-state index < -0.39 is 17.8 Å². The van der Waals surface area contributed by atoms with Crippen LogP contribution in [0.3, 0.4) is 0 Å². The lowest BCUT2D eigenvalue weighted by Crippen LogP contribution is -2.32. The molecular formula is C17H23N3O4. The molecule has 1 aliphatic rings. The molecule has 1 fully saturated rings. The van der Waals surface area contributed by atoms with Gasteiger partial charge < -0.3 is 14.6 Å². The maximum Gasteiger partial charge on any atom is 0.363 e. The van der Waals surface area contributed by atoms with Crippen LogP contribution in [0.15, 0.2) is 18.2 Å². The third-order valence-electron chi connectivity index (χ3n) is 3.47. The molecule has 0 spiro atoms. The molecule has 7 heteroatoms. The first-order chi connectivity index (χ1) is 11.3. The normalized spacial score (nSPS) is 14.8. The standard InChI is InChI=1S/C17H23N3O4/c1-18(2)10-12-7-13(11-19(3)4)9-14(8-12)17(23)24-20-15(21)5-6-16(20)22/h7-9H,5-6,10-11H2,1-4H3. The quantitative estimate of drug-likeness (QED) is 0.724. The van der Waals surface area contributed by atoms with E-state index in [1.807, 2.05) is 44.1 Å². The van der Waals surface area contributed by atoms with Gasteiger partial charge in [-0.05, 0) is 51.5 Å². The molecule has 1 aliphatic heterocycles. The highest BCUT2D eigenvalue weighted by atomic mass is 16.7. The van der Waals surface area contributed by atoms with Crippen LogP contribution in [0.2, 0.25) is 0 Å². The second kappa shape index (κ2) is 7.55. The number of imide groups is 1. The summed E-state index contributed by atoms with van der Waals surface area (Å²) >= 11 is 0. The van der Waals surface area contributed by atoms with Crippen molar-refractivity contribution in [2.24, 2.45) is 0 Å². The van der Waals surface area contributed by atoms with Crippen molar-refractivity contribution in [1.82, 2.24) is 14.9 Å².